The normalized spacial score (nSPS) is 23.6. The third kappa shape index (κ3) is 2.82. The second kappa shape index (κ2) is 4.94. The van der Waals surface area contributed by atoms with Crippen molar-refractivity contribution in [1.82, 2.24) is 4.90 Å². The standard InChI is InChI=1S/C12H16BrN/c13-12-7-4-8-14(10-12)9-11-5-2-1-3-6-11/h1-3,5-6,12H,4,7-10H2. The molecular formula is C12H16BrN. The molecule has 1 nitrogen and oxygen atoms in total. The Morgan fingerprint density at radius 3 is 2.79 bits per heavy atom. The van der Waals surface area contributed by atoms with Gasteiger partial charge in [-0.25, -0.2) is 0 Å². The van der Waals surface area contributed by atoms with Crippen molar-refractivity contribution in [2.45, 2.75) is 24.2 Å². The number of likely N-dealkylation sites (tertiary alicyclic amines) is 1. The summed E-state index contributed by atoms with van der Waals surface area (Å²) in [5.74, 6) is 0. The fourth-order valence-electron chi connectivity index (χ4n) is 1.98. The maximum absolute atomic E-state index is 3.70. The van der Waals surface area contributed by atoms with E-state index in [1.807, 2.05) is 0 Å². The molecule has 2 rings (SSSR count). The Kier molecular flexibility index (Phi) is 3.60. The van der Waals surface area contributed by atoms with E-state index in [1.165, 1.54) is 31.5 Å². The monoisotopic (exact) mass is 253 g/mol. The van der Waals surface area contributed by atoms with Crippen LogP contribution in [0.2, 0.25) is 0 Å². The van der Waals surface area contributed by atoms with Crippen LogP contribution >= 0.6 is 15.9 Å². The minimum Gasteiger partial charge on any atom is -0.298 e. The van der Waals surface area contributed by atoms with Gasteiger partial charge in [-0.1, -0.05) is 46.3 Å². The minimum absolute atomic E-state index is 0.694. The van der Waals surface area contributed by atoms with Gasteiger partial charge in [0.05, 0.1) is 0 Å². The van der Waals surface area contributed by atoms with E-state index in [0.717, 1.165) is 6.54 Å². The second-order valence-corrected chi connectivity index (χ2v) is 5.26. The van der Waals surface area contributed by atoms with Crippen molar-refractivity contribution in [1.29, 1.82) is 0 Å². The average Bonchev–Trinajstić information content (AvgIpc) is 2.19. The number of benzene rings is 1. The molecule has 1 heterocycles. The summed E-state index contributed by atoms with van der Waals surface area (Å²) in [5.41, 5.74) is 1.43. The Balaban J connectivity index is 1.91. The van der Waals surface area contributed by atoms with Gasteiger partial charge in [-0.3, -0.25) is 4.90 Å². The molecule has 1 fully saturated rings. The third-order valence-corrected chi connectivity index (χ3v) is 3.44. The maximum atomic E-state index is 3.70. The number of halogens is 1. The predicted molar refractivity (Wildman–Crippen MR) is 63.7 cm³/mol. The molecule has 0 amide bonds. The molecule has 0 aromatic heterocycles. The van der Waals surface area contributed by atoms with Gasteiger partial charge in [0.1, 0.15) is 0 Å². The molecule has 1 unspecified atom stereocenters. The molecule has 0 aliphatic carbocycles. The molecule has 14 heavy (non-hydrogen) atoms. The van der Waals surface area contributed by atoms with Gasteiger partial charge in [0.15, 0.2) is 0 Å². The van der Waals surface area contributed by atoms with E-state index in [2.05, 4.69) is 51.2 Å². The molecule has 1 aliphatic rings. The maximum Gasteiger partial charge on any atom is 0.0273 e. The quantitative estimate of drug-likeness (QED) is 0.733. The van der Waals surface area contributed by atoms with Gasteiger partial charge in [0.25, 0.3) is 0 Å². The average molecular weight is 254 g/mol. The van der Waals surface area contributed by atoms with Crippen LogP contribution in [0.15, 0.2) is 30.3 Å². The topological polar surface area (TPSA) is 3.24 Å². The van der Waals surface area contributed by atoms with Crippen molar-refractivity contribution in [2.24, 2.45) is 0 Å². The number of hydrogen-bond acceptors (Lipinski definition) is 1. The van der Waals surface area contributed by atoms with Crippen LogP contribution in [0.3, 0.4) is 0 Å². The summed E-state index contributed by atoms with van der Waals surface area (Å²) in [6, 6.07) is 10.7. The van der Waals surface area contributed by atoms with Crippen LogP contribution in [-0.2, 0) is 6.54 Å². The number of rotatable bonds is 2. The highest BCUT2D eigenvalue weighted by Gasteiger charge is 2.16. The van der Waals surface area contributed by atoms with E-state index >= 15 is 0 Å². The molecule has 0 radical (unpaired) electrons. The van der Waals surface area contributed by atoms with Gasteiger partial charge in [0, 0.05) is 17.9 Å². The minimum atomic E-state index is 0.694. The molecule has 0 N–H and O–H groups in total. The van der Waals surface area contributed by atoms with Crippen molar-refractivity contribution in [3.05, 3.63) is 35.9 Å². The first kappa shape index (κ1) is 10.2. The molecule has 76 valence electrons. The highest BCUT2D eigenvalue weighted by molar-refractivity contribution is 9.09. The predicted octanol–water partition coefficient (Wildman–Crippen LogP) is 3.05. The van der Waals surface area contributed by atoms with Crippen molar-refractivity contribution < 1.29 is 0 Å². The van der Waals surface area contributed by atoms with Crippen LogP contribution in [0, 0.1) is 0 Å². The molecule has 1 aliphatic heterocycles. The summed E-state index contributed by atoms with van der Waals surface area (Å²) < 4.78 is 0. The Morgan fingerprint density at radius 2 is 2.07 bits per heavy atom. The fraction of sp³-hybridized carbons (Fsp3) is 0.500. The number of hydrogen-bond donors (Lipinski definition) is 0. The molecule has 0 spiro atoms. The first-order valence-electron chi connectivity index (χ1n) is 5.25. The molecular weight excluding hydrogens is 238 g/mol. The highest BCUT2D eigenvalue weighted by Crippen LogP contribution is 2.18. The summed E-state index contributed by atoms with van der Waals surface area (Å²) in [7, 11) is 0. The Morgan fingerprint density at radius 1 is 1.29 bits per heavy atom. The van der Waals surface area contributed by atoms with E-state index in [9.17, 15) is 0 Å². The molecule has 1 aromatic carbocycles. The van der Waals surface area contributed by atoms with Crippen LogP contribution in [0.1, 0.15) is 18.4 Å². The number of alkyl halides is 1. The van der Waals surface area contributed by atoms with E-state index < -0.39 is 0 Å². The van der Waals surface area contributed by atoms with Crippen molar-refractivity contribution in [2.75, 3.05) is 13.1 Å². The van der Waals surface area contributed by atoms with Crippen LogP contribution in [-0.4, -0.2) is 22.8 Å². The largest absolute Gasteiger partial charge is 0.298 e. The fourth-order valence-corrected chi connectivity index (χ4v) is 2.72. The summed E-state index contributed by atoms with van der Waals surface area (Å²) in [6.07, 6.45) is 2.65. The summed E-state index contributed by atoms with van der Waals surface area (Å²) in [6.45, 7) is 3.54. The lowest BCUT2D eigenvalue weighted by Gasteiger charge is -2.29. The molecule has 1 saturated heterocycles. The van der Waals surface area contributed by atoms with Crippen LogP contribution in [0.5, 0.6) is 0 Å². The smallest absolute Gasteiger partial charge is 0.0273 e. The lowest BCUT2D eigenvalue weighted by atomic mass is 10.1. The Labute approximate surface area is 94.2 Å². The van der Waals surface area contributed by atoms with E-state index in [4.69, 9.17) is 0 Å². The van der Waals surface area contributed by atoms with Gasteiger partial charge in [-0.05, 0) is 24.9 Å². The van der Waals surface area contributed by atoms with Gasteiger partial charge < -0.3 is 0 Å². The molecule has 1 aromatic rings. The SMILES string of the molecule is BrC1CCCN(Cc2ccccc2)C1. The van der Waals surface area contributed by atoms with Crippen molar-refractivity contribution in [3.8, 4) is 0 Å². The first-order chi connectivity index (χ1) is 6.84. The number of nitrogens with zero attached hydrogens (tertiary/aromatic N) is 1. The van der Waals surface area contributed by atoms with Gasteiger partial charge in [0.2, 0.25) is 0 Å². The summed E-state index contributed by atoms with van der Waals surface area (Å²) >= 11 is 3.70. The summed E-state index contributed by atoms with van der Waals surface area (Å²) in [5, 5.41) is 0. The first-order valence-corrected chi connectivity index (χ1v) is 6.16. The van der Waals surface area contributed by atoms with Crippen molar-refractivity contribution in [3.63, 3.8) is 0 Å². The van der Waals surface area contributed by atoms with Crippen LogP contribution < -0.4 is 0 Å². The zero-order valence-electron chi connectivity index (χ0n) is 8.32. The van der Waals surface area contributed by atoms with E-state index in [1.54, 1.807) is 0 Å². The molecule has 2 heteroatoms. The zero-order chi connectivity index (χ0) is 9.80. The third-order valence-electron chi connectivity index (χ3n) is 2.70. The molecule has 0 bridgehead atoms. The Hall–Kier alpha value is -0.340. The van der Waals surface area contributed by atoms with Gasteiger partial charge >= 0.3 is 0 Å². The lowest BCUT2D eigenvalue weighted by Crippen LogP contribution is -2.35. The lowest BCUT2D eigenvalue weighted by molar-refractivity contribution is 0.228. The Bertz CT molecular complexity index is 273. The van der Waals surface area contributed by atoms with Gasteiger partial charge in [-0.15, -0.1) is 0 Å². The van der Waals surface area contributed by atoms with E-state index in [0.29, 0.717) is 4.83 Å². The second-order valence-electron chi connectivity index (χ2n) is 3.96. The van der Waals surface area contributed by atoms with Crippen LogP contribution in [0.25, 0.3) is 0 Å². The highest BCUT2D eigenvalue weighted by atomic mass is 79.9. The zero-order valence-corrected chi connectivity index (χ0v) is 9.91. The van der Waals surface area contributed by atoms with Crippen LogP contribution in [0.4, 0.5) is 0 Å². The summed E-state index contributed by atoms with van der Waals surface area (Å²) in [4.78, 5) is 3.22. The van der Waals surface area contributed by atoms with Crippen molar-refractivity contribution >= 4 is 15.9 Å². The number of piperidine rings is 1. The molecule has 0 saturated carbocycles. The van der Waals surface area contributed by atoms with E-state index in [-0.39, 0.29) is 0 Å². The van der Waals surface area contributed by atoms with Gasteiger partial charge in [-0.2, -0.15) is 0 Å². The molecule has 1 atom stereocenters.